The first kappa shape index (κ1) is 18.0. The van der Waals surface area contributed by atoms with E-state index in [4.69, 9.17) is 4.74 Å². The van der Waals surface area contributed by atoms with Crippen molar-refractivity contribution in [3.8, 4) is 16.9 Å². The summed E-state index contributed by atoms with van der Waals surface area (Å²) in [5.74, 6) is -1.40. The Morgan fingerprint density at radius 1 is 1.31 bits per heavy atom. The van der Waals surface area contributed by atoms with Crippen LogP contribution in [0.2, 0.25) is 0 Å². The van der Waals surface area contributed by atoms with Gasteiger partial charge < -0.3 is 14.4 Å². The monoisotopic (exact) mass is 366 g/mol. The van der Waals surface area contributed by atoms with Gasteiger partial charge in [-0.05, 0) is 35.7 Å². The van der Waals surface area contributed by atoms with Crippen LogP contribution in [0.5, 0.6) is 5.75 Å². The summed E-state index contributed by atoms with van der Waals surface area (Å²) in [5.41, 5.74) is 1.82. The number of halogens is 3. The van der Waals surface area contributed by atoms with Crippen molar-refractivity contribution in [2.45, 2.75) is 32.6 Å². The summed E-state index contributed by atoms with van der Waals surface area (Å²) in [6, 6.07) is 5.47. The highest BCUT2D eigenvalue weighted by atomic mass is 19.3. The number of rotatable bonds is 6. The highest BCUT2D eigenvalue weighted by Gasteiger charge is 2.29. The Labute approximate surface area is 148 Å². The maximum atomic E-state index is 13.6. The largest absolute Gasteiger partial charge is 0.444 e. The summed E-state index contributed by atoms with van der Waals surface area (Å²) in [5, 5.41) is 0. The summed E-state index contributed by atoms with van der Waals surface area (Å²) in [6.45, 7) is -0.353. The minimum Gasteiger partial charge on any atom is -0.444 e. The molecule has 0 saturated carbocycles. The molecule has 2 aromatic rings. The molecule has 26 heavy (non-hydrogen) atoms. The molecule has 0 N–H and O–H groups in total. The number of pyridine rings is 1. The molecule has 138 valence electrons. The second-order valence-electron chi connectivity index (χ2n) is 5.90. The third-order valence-corrected chi connectivity index (χ3v) is 4.05. The average Bonchev–Trinajstić information content (AvgIpc) is 2.96. The fourth-order valence-electron chi connectivity index (χ4n) is 2.74. The Bertz CT molecular complexity index is 801. The second-order valence-corrected chi connectivity index (χ2v) is 5.90. The molecule has 3 rings (SSSR count). The molecule has 0 spiro atoms. The maximum absolute atomic E-state index is 13.6. The van der Waals surface area contributed by atoms with Gasteiger partial charge in [-0.1, -0.05) is 13.0 Å². The topological polar surface area (TPSA) is 51.7 Å². The van der Waals surface area contributed by atoms with Crippen LogP contribution in [-0.4, -0.2) is 35.2 Å². The number of benzene rings is 1. The van der Waals surface area contributed by atoms with E-state index in [1.165, 1.54) is 18.3 Å². The first-order valence-electron chi connectivity index (χ1n) is 8.10. The Balaban J connectivity index is 1.80. The van der Waals surface area contributed by atoms with E-state index in [1.807, 2.05) is 6.92 Å². The van der Waals surface area contributed by atoms with E-state index in [1.54, 1.807) is 17.2 Å². The summed E-state index contributed by atoms with van der Waals surface area (Å²) in [6.07, 6.45) is 3.38. The molecule has 5 nitrogen and oxygen atoms in total. The lowest BCUT2D eigenvalue weighted by Crippen LogP contribution is -2.24. The number of carbonyl (C=O) groups is 1. The van der Waals surface area contributed by atoms with E-state index in [0.29, 0.717) is 24.2 Å². The first-order valence-corrected chi connectivity index (χ1v) is 8.10. The smallest absolute Gasteiger partial charge is 0.410 e. The third-order valence-electron chi connectivity index (χ3n) is 4.05. The van der Waals surface area contributed by atoms with Crippen molar-refractivity contribution >= 4 is 6.09 Å². The van der Waals surface area contributed by atoms with Gasteiger partial charge in [0.25, 0.3) is 0 Å². The normalized spacial score (nSPS) is 16.9. The fraction of sp³-hybridized carbons (Fsp3) is 0.333. The third kappa shape index (κ3) is 4.07. The zero-order valence-corrected chi connectivity index (χ0v) is 14.0. The highest BCUT2D eigenvalue weighted by molar-refractivity contribution is 5.70. The summed E-state index contributed by atoms with van der Waals surface area (Å²) >= 11 is 0. The number of aromatic nitrogens is 1. The van der Waals surface area contributed by atoms with Crippen LogP contribution in [0.15, 0.2) is 36.7 Å². The van der Waals surface area contributed by atoms with E-state index < -0.39 is 18.2 Å². The van der Waals surface area contributed by atoms with E-state index in [-0.39, 0.29) is 12.2 Å². The van der Waals surface area contributed by atoms with E-state index >= 15 is 0 Å². The number of amides is 1. The quantitative estimate of drug-likeness (QED) is 0.768. The predicted octanol–water partition coefficient (Wildman–Crippen LogP) is 4.22. The molecule has 1 atom stereocenters. The van der Waals surface area contributed by atoms with Gasteiger partial charge in [0.15, 0.2) is 11.6 Å². The van der Waals surface area contributed by atoms with Gasteiger partial charge in [0, 0.05) is 18.0 Å². The molecule has 1 aromatic heterocycles. The molecule has 0 unspecified atom stereocenters. The Hall–Kier alpha value is -2.77. The molecule has 0 radical (unpaired) electrons. The highest BCUT2D eigenvalue weighted by Crippen LogP contribution is 2.28. The molecular formula is C18H17F3N2O3. The van der Waals surface area contributed by atoms with Crippen LogP contribution in [-0.2, 0) is 11.3 Å². The molecule has 0 aliphatic carbocycles. The fourth-order valence-corrected chi connectivity index (χ4v) is 2.74. The van der Waals surface area contributed by atoms with Crippen LogP contribution in [0.1, 0.15) is 18.9 Å². The minimum absolute atomic E-state index is 0.121. The number of alkyl halides is 2. The van der Waals surface area contributed by atoms with Gasteiger partial charge in [0.2, 0.25) is 0 Å². The summed E-state index contributed by atoms with van der Waals surface area (Å²) in [7, 11) is 0. The average molecular weight is 366 g/mol. The molecule has 8 heteroatoms. The first-order chi connectivity index (χ1) is 12.5. The Kier molecular flexibility index (Phi) is 5.29. The molecule has 1 fully saturated rings. The van der Waals surface area contributed by atoms with Gasteiger partial charge in [-0.25, -0.2) is 9.18 Å². The number of hydrogen-bond acceptors (Lipinski definition) is 4. The Morgan fingerprint density at radius 3 is 2.81 bits per heavy atom. The van der Waals surface area contributed by atoms with Crippen molar-refractivity contribution < 1.29 is 27.4 Å². The zero-order valence-electron chi connectivity index (χ0n) is 14.0. The van der Waals surface area contributed by atoms with Gasteiger partial charge in [0.1, 0.15) is 6.10 Å². The van der Waals surface area contributed by atoms with Gasteiger partial charge in [-0.3, -0.25) is 4.98 Å². The van der Waals surface area contributed by atoms with Crippen molar-refractivity contribution in [2.24, 2.45) is 0 Å². The van der Waals surface area contributed by atoms with Crippen LogP contribution in [0, 0.1) is 5.82 Å². The van der Waals surface area contributed by atoms with E-state index in [9.17, 15) is 18.0 Å². The lowest BCUT2D eigenvalue weighted by atomic mass is 10.1. The second kappa shape index (κ2) is 7.63. The molecular weight excluding hydrogens is 349 g/mol. The van der Waals surface area contributed by atoms with Gasteiger partial charge in [-0.15, -0.1) is 0 Å². The lowest BCUT2D eigenvalue weighted by Gasteiger charge is -2.13. The van der Waals surface area contributed by atoms with Gasteiger partial charge >= 0.3 is 12.7 Å². The van der Waals surface area contributed by atoms with Gasteiger partial charge in [-0.2, -0.15) is 8.78 Å². The molecule has 1 aliphatic rings. The minimum atomic E-state index is -3.11. The van der Waals surface area contributed by atoms with Crippen LogP contribution in [0.3, 0.4) is 0 Å². The predicted molar refractivity (Wildman–Crippen MR) is 87.2 cm³/mol. The number of ether oxygens (including phenoxy) is 2. The molecule has 1 aliphatic heterocycles. The number of cyclic esters (lactones) is 1. The Morgan fingerprint density at radius 2 is 2.12 bits per heavy atom. The molecule has 1 saturated heterocycles. The number of carbonyl (C=O) groups excluding carboxylic acids is 1. The van der Waals surface area contributed by atoms with Crippen molar-refractivity contribution in [2.75, 3.05) is 6.54 Å². The maximum Gasteiger partial charge on any atom is 0.410 e. The van der Waals surface area contributed by atoms with Crippen molar-refractivity contribution in [3.63, 3.8) is 0 Å². The van der Waals surface area contributed by atoms with Crippen LogP contribution in [0.4, 0.5) is 18.0 Å². The van der Waals surface area contributed by atoms with Crippen LogP contribution < -0.4 is 4.74 Å². The van der Waals surface area contributed by atoms with Crippen LogP contribution >= 0.6 is 0 Å². The lowest BCUT2D eigenvalue weighted by molar-refractivity contribution is -0.0521. The molecule has 1 aromatic carbocycles. The van der Waals surface area contributed by atoms with Crippen molar-refractivity contribution in [1.82, 2.24) is 9.88 Å². The summed E-state index contributed by atoms with van der Waals surface area (Å²) < 4.78 is 47.7. The number of nitrogens with zero attached hydrogens (tertiary/aromatic N) is 2. The molecule has 2 heterocycles. The molecule has 0 bridgehead atoms. The summed E-state index contributed by atoms with van der Waals surface area (Å²) in [4.78, 5) is 17.5. The van der Waals surface area contributed by atoms with E-state index in [0.717, 1.165) is 18.1 Å². The van der Waals surface area contributed by atoms with E-state index in [2.05, 4.69) is 9.72 Å². The SMILES string of the molecule is CC[C@@H]1CN(Cc2cncc(-c3ccc(F)c(OC(F)F)c3)c2)C(=O)O1. The molecule has 1 amide bonds. The number of hydrogen-bond donors (Lipinski definition) is 0. The van der Waals surface area contributed by atoms with Crippen molar-refractivity contribution in [3.05, 3.63) is 48.0 Å². The standard InChI is InChI=1S/C18H17F3N2O3/c1-2-14-10-23(18(24)25-14)9-11-5-13(8-22-7-11)12-3-4-15(19)16(6-12)26-17(20)21/h3-8,14,17H,2,9-10H2,1H3/t14-/m1/s1. The van der Waals surface area contributed by atoms with Crippen molar-refractivity contribution in [1.29, 1.82) is 0 Å². The zero-order chi connectivity index (χ0) is 18.7. The van der Waals surface area contributed by atoms with Gasteiger partial charge in [0.05, 0.1) is 13.1 Å². The van der Waals surface area contributed by atoms with Crippen LogP contribution in [0.25, 0.3) is 11.1 Å².